The standard InChI is InChI=1S/C20H26ClN3O5S/c1-14(23-16-12-18(27-3)20(29-5)19(13-16)28-4)24(2)11-10-22-30(25,26)17-8-6-15(21)7-9-17/h6-9,12-13,22H,10-11H2,1-5H3/p+1. The molecule has 0 aliphatic carbocycles. The number of ether oxygens (including phenoxy) is 3. The van der Waals surface area contributed by atoms with Gasteiger partial charge in [0.25, 0.3) is 0 Å². The van der Waals surface area contributed by atoms with Gasteiger partial charge in [0.15, 0.2) is 11.5 Å². The van der Waals surface area contributed by atoms with Crippen molar-refractivity contribution in [2.45, 2.75) is 11.8 Å². The minimum atomic E-state index is -3.59. The van der Waals surface area contributed by atoms with Gasteiger partial charge in [0.1, 0.15) is 5.69 Å². The molecule has 0 bridgehead atoms. The average molecular weight is 457 g/mol. The second-order valence-electron chi connectivity index (χ2n) is 6.40. The molecule has 2 rings (SSSR count). The molecule has 30 heavy (non-hydrogen) atoms. The van der Waals surface area contributed by atoms with E-state index >= 15 is 0 Å². The van der Waals surface area contributed by atoms with E-state index < -0.39 is 10.0 Å². The normalized spacial score (nSPS) is 12.2. The van der Waals surface area contributed by atoms with E-state index in [0.717, 1.165) is 11.5 Å². The van der Waals surface area contributed by atoms with Gasteiger partial charge in [0, 0.05) is 30.6 Å². The number of hydrogen-bond donors (Lipinski definition) is 2. The molecule has 164 valence electrons. The van der Waals surface area contributed by atoms with Crippen LogP contribution >= 0.6 is 11.6 Å². The number of amidine groups is 1. The fourth-order valence-electron chi connectivity index (χ4n) is 2.67. The highest BCUT2D eigenvalue weighted by Gasteiger charge is 2.17. The zero-order valence-corrected chi connectivity index (χ0v) is 19.2. The van der Waals surface area contributed by atoms with E-state index in [4.69, 9.17) is 25.8 Å². The van der Waals surface area contributed by atoms with E-state index in [2.05, 4.69) is 10.0 Å². The van der Waals surface area contributed by atoms with E-state index in [1.54, 1.807) is 45.6 Å². The number of rotatable bonds is 9. The first-order chi connectivity index (χ1) is 14.2. The highest BCUT2D eigenvalue weighted by atomic mass is 35.5. The number of anilines is 1. The van der Waals surface area contributed by atoms with E-state index in [9.17, 15) is 8.42 Å². The lowest BCUT2D eigenvalue weighted by Gasteiger charge is -2.13. The minimum Gasteiger partial charge on any atom is -0.493 e. The molecule has 0 radical (unpaired) electrons. The van der Waals surface area contributed by atoms with Crippen molar-refractivity contribution in [2.24, 2.45) is 0 Å². The smallest absolute Gasteiger partial charge is 0.246 e. The number of nitrogens with one attached hydrogen (secondary N) is 2. The number of hydrogen-bond acceptors (Lipinski definition) is 5. The SMILES string of the molecule is COc1cc(NC(C)=[N+](C)CCNS(=O)(=O)c2ccc(Cl)cc2)cc(OC)c1OC. The molecule has 0 aliphatic heterocycles. The van der Waals surface area contributed by atoms with Gasteiger partial charge in [0.2, 0.25) is 21.6 Å². The Balaban J connectivity index is 2.06. The van der Waals surface area contributed by atoms with Crippen LogP contribution in [-0.2, 0) is 10.0 Å². The van der Waals surface area contributed by atoms with Crippen LogP contribution in [0.3, 0.4) is 0 Å². The van der Waals surface area contributed by atoms with Crippen molar-refractivity contribution < 1.29 is 27.2 Å². The first-order valence-corrected chi connectivity index (χ1v) is 10.9. The molecule has 0 spiro atoms. The van der Waals surface area contributed by atoms with Gasteiger partial charge in [0.05, 0.1) is 39.8 Å². The summed E-state index contributed by atoms with van der Waals surface area (Å²) in [7, 11) is 2.91. The van der Waals surface area contributed by atoms with Crippen LogP contribution < -0.4 is 24.2 Å². The summed E-state index contributed by atoms with van der Waals surface area (Å²) in [5.41, 5.74) is 0.746. The van der Waals surface area contributed by atoms with Crippen LogP contribution in [0.25, 0.3) is 0 Å². The summed E-state index contributed by atoms with van der Waals surface area (Å²) in [6, 6.07) is 9.61. The van der Waals surface area contributed by atoms with E-state index in [0.29, 0.717) is 28.8 Å². The first kappa shape index (κ1) is 23.8. The number of methoxy groups -OCH3 is 3. The van der Waals surface area contributed by atoms with Crippen LogP contribution in [0.15, 0.2) is 41.3 Å². The Morgan fingerprint density at radius 3 is 2.10 bits per heavy atom. The number of benzene rings is 2. The van der Waals surface area contributed by atoms with Crippen molar-refractivity contribution in [1.29, 1.82) is 0 Å². The Morgan fingerprint density at radius 1 is 1.03 bits per heavy atom. The predicted molar refractivity (Wildman–Crippen MR) is 118 cm³/mol. The third-order valence-electron chi connectivity index (χ3n) is 4.43. The van der Waals surface area contributed by atoms with Crippen molar-refractivity contribution in [1.82, 2.24) is 4.72 Å². The molecule has 10 heteroatoms. The van der Waals surface area contributed by atoms with Crippen LogP contribution in [0.4, 0.5) is 5.69 Å². The number of sulfonamides is 1. The van der Waals surface area contributed by atoms with E-state index in [1.807, 2.05) is 18.5 Å². The van der Waals surface area contributed by atoms with Crippen molar-refractivity contribution in [2.75, 3.05) is 46.8 Å². The molecule has 2 N–H and O–H groups in total. The fraction of sp³-hybridized carbons (Fsp3) is 0.350. The predicted octanol–water partition coefficient (Wildman–Crippen LogP) is 2.82. The minimum absolute atomic E-state index is 0.172. The van der Waals surface area contributed by atoms with Crippen LogP contribution in [0, 0.1) is 0 Å². The molecular weight excluding hydrogens is 430 g/mol. The van der Waals surface area contributed by atoms with Crippen molar-refractivity contribution >= 4 is 33.1 Å². The van der Waals surface area contributed by atoms with Crippen molar-refractivity contribution in [3.63, 3.8) is 0 Å². The lowest BCUT2D eigenvalue weighted by Crippen LogP contribution is -2.32. The third kappa shape index (κ3) is 6.01. The van der Waals surface area contributed by atoms with Crippen molar-refractivity contribution in [3.8, 4) is 17.2 Å². The Kier molecular flexibility index (Phi) is 8.33. The summed E-state index contributed by atoms with van der Waals surface area (Å²) < 4.78 is 45.2. The van der Waals surface area contributed by atoms with E-state index in [-0.39, 0.29) is 11.4 Å². The Morgan fingerprint density at radius 2 is 1.60 bits per heavy atom. The number of nitrogens with zero attached hydrogens (tertiary/aromatic N) is 1. The highest BCUT2D eigenvalue weighted by Crippen LogP contribution is 2.39. The summed E-state index contributed by atoms with van der Waals surface area (Å²) in [5, 5.41) is 3.75. The molecule has 2 aromatic rings. The van der Waals surface area contributed by atoms with Gasteiger partial charge in [-0.3, -0.25) is 4.58 Å². The van der Waals surface area contributed by atoms with Crippen LogP contribution in [0.1, 0.15) is 6.92 Å². The Hall–Kier alpha value is -2.49. The molecular formula is C20H27ClN3O5S+. The van der Waals surface area contributed by atoms with Gasteiger partial charge < -0.3 is 14.2 Å². The summed E-state index contributed by atoms with van der Waals surface area (Å²) in [6.45, 7) is 2.57. The van der Waals surface area contributed by atoms with Crippen molar-refractivity contribution in [3.05, 3.63) is 41.4 Å². The monoisotopic (exact) mass is 456 g/mol. The lowest BCUT2D eigenvalue weighted by molar-refractivity contribution is -0.495. The van der Waals surface area contributed by atoms with Gasteiger partial charge in [-0.1, -0.05) is 11.6 Å². The Labute approximate surface area is 182 Å². The highest BCUT2D eigenvalue weighted by molar-refractivity contribution is 7.89. The van der Waals surface area contributed by atoms with Gasteiger partial charge >= 0.3 is 0 Å². The molecule has 0 amide bonds. The molecule has 0 saturated heterocycles. The first-order valence-electron chi connectivity index (χ1n) is 9.08. The molecule has 0 aromatic heterocycles. The van der Waals surface area contributed by atoms with Gasteiger partial charge in [-0.25, -0.2) is 18.5 Å². The number of halogens is 1. The third-order valence-corrected chi connectivity index (χ3v) is 6.15. The molecule has 0 unspecified atom stereocenters. The average Bonchev–Trinajstić information content (AvgIpc) is 2.72. The zero-order chi connectivity index (χ0) is 22.3. The Bertz CT molecular complexity index is 983. The van der Waals surface area contributed by atoms with Crippen LogP contribution in [0.5, 0.6) is 17.2 Å². The summed E-state index contributed by atoms with van der Waals surface area (Å²) in [6.07, 6.45) is 0. The second-order valence-corrected chi connectivity index (χ2v) is 8.60. The molecule has 0 heterocycles. The van der Waals surface area contributed by atoms with Crippen LogP contribution in [0.2, 0.25) is 5.02 Å². The fourth-order valence-corrected chi connectivity index (χ4v) is 3.82. The summed E-state index contributed by atoms with van der Waals surface area (Å²) in [5.74, 6) is 2.39. The quantitative estimate of drug-likeness (QED) is 0.342. The maximum Gasteiger partial charge on any atom is 0.246 e. The molecule has 2 aromatic carbocycles. The second kappa shape index (κ2) is 10.5. The number of likely N-dealkylation sites (N-methyl/N-ethyl adjacent to an activating group) is 1. The topological polar surface area (TPSA) is 88.9 Å². The molecule has 0 saturated carbocycles. The van der Waals surface area contributed by atoms with Gasteiger partial charge in [-0.05, 0) is 24.3 Å². The summed E-state index contributed by atoms with van der Waals surface area (Å²) in [4.78, 5) is 0.172. The maximum atomic E-state index is 12.4. The largest absolute Gasteiger partial charge is 0.493 e. The molecule has 8 nitrogen and oxygen atoms in total. The summed E-state index contributed by atoms with van der Waals surface area (Å²) >= 11 is 5.81. The lowest BCUT2D eigenvalue weighted by atomic mass is 10.2. The molecule has 0 atom stereocenters. The zero-order valence-electron chi connectivity index (χ0n) is 17.7. The molecule has 0 fully saturated rings. The van der Waals surface area contributed by atoms with E-state index in [1.165, 1.54) is 12.1 Å². The van der Waals surface area contributed by atoms with Gasteiger partial charge in [-0.2, -0.15) is 0 Å². The molecule has 0 aliphatic rings. The maximum absolute atomic E-state index is 12.4. The van der Waals surface area contributed by atoms with Gasteiger partial charge in [-0.15, -0.1) is 0 Å². The van der Waals surface area contributed by atoms with Crippen LogP contribution in [-0.4, -0.2) is 60.3 Å².